The molecule has 1 aliphatic heterocycles. The molecule has 1 N–H and O–H groups in total. The van der Waals surface area contributed by atoms with Gasteiger partial charge in [0.1, 0.15) is 0 Å². The highest BCUT2D eigenvalue weighted by Gasteiger charge is 2.37. The van der Waals surface area contributed by atoms with E-state index in [0.717, 1.165) is 0 Å². The minimum absolute atomic E-state index is 0.0539. The molecule has 6 heteroatoms. The highest BCUT2D eigenvalue weighted by atomic mass is 32.2. The largest absolute Gasteiger partial charge is 0.469 e. The van der Waals surface area contributed by atoms with Crippen molar-refractivity contribution in [2.45, 2.75) is 12.5 Å². The number of sulfone groups is 1. The summed E-state index contributed by atoms with van der Waals surface area (Å²) >= 11 is 0. The van der Waals surface area contributed by atoms with Crippen molar-refractivity contribution in [1.29, 1.82) is 0 Å². The Morgan fingerprint density at radius 2 is 2.15 bits per heavy atom. The molecule has 0 bridgehead atoms. The number of aliphatic hydroxyl groups excluding tert-OH is 1. The maximum atomic E-state index is 11.1. The topological polar surface area (TPSA) is 80.7 Å². The van der Waals surface area contributed by atoms with Crippen molar-refractivity contribution in [1.82, 2.24) is 0 Å². The number of rotatable bonds is 1. The van der Waals surface area contributed by atoms with E-state index in [4.69, 9.17) is 0 Å². The lowest BCUT2D eigenvalue weighted by Crippen LogP contribution is -2.41. The van der Waals surface area contributed by atoms with Gasteiger partial charge in [0, 0.05) is 0 Å². The lowest BCUT2D eigenvalue weighted by Gasteiger charge is -2.24. The average molecular weight is 208 g/mol. The quantitative estimate of drug-likeness (QED) is 0.556. The molecule has 0 aromatic rings. The van der Waals surface area contributed by atoms with Crippen LogP contribution < -0.4 is 0 Å². The Kier molecular flexibility index (Phi) is 2.92. The van der Waals surface area contributed by atoms with Crippen molar-refractivity contribution in [2.24, 2.45) is 5.92 Å². The Hall–Kier alpha value is -0.620. The van der Waals surface area contributed by atoms with Crippen molar-refractivity contribution in [3.63, 3.8) is 0 Å². The SMILES string of the molecule is COC(=O)[C@H]1CS(=O)(=O)CC[C@H]1O. The first kappa shape index (κ1) is 10.5. The zero-order valence-corrected chi connectivity index (χ0v) is 8.08. The number of aliphatic hydroxyl groups is 1. The van der Waals surface area contributed by atoms with Gasteiger partial charge in [-0.15, -0.1) is 0 Å². The molecular formula is C7H12O5S. The summed E-state index contributed by atoms with van der Waals surface area (Å²) in [4.78, 5) is 11.0. The summed E-state index contributed by atoms with van der Waals surface area (Å²) < 4.78 is 26.6. The minimum Gasteiger partial charge on any atom is -0.469 e. The molecule has 76 valence electrons. The molecule has 0 saturated carbocycles. The second kappa shape index (κ2) is 3.63. The van der Waals surface area contributed by atoms with Crippen LogP contribution in [0.1, 0.15) is 6.42 Å². The van der Waals surface area contributed by atoms with Crippen molar-refractivity contribution in [2.75, 3.05) is 18.6 Å². The predicted octanol–water partition coefficient (Wildman–Crippen LogP) is -1.04. The molecule has 5 nitrogen and oxygen atoms in total. The molecule has 0 spiro atoms. The van der Waals surface area contributed by atoms with E-state index in [1.807, 2.05) is 0 Å². The molecule has 0 unspecified atom stereocenters. The molecule has 1 aliphatic rings. The Morgan fingerprint density at radius 1 is 1.54 bits per heavy atom. The van der Waals surface area contributed by atoms with Crippen molar-refractivity contribution in [3.8, 4) is 0 Å². The van der Waals surface area contributed by atoms with Crippen LogP contribution in [0.5, 0.6) is 0 Å². The molecule has 0 radical (unpaired) electrons. The monoisotopic (exact) mass is 208 g/mol. The lowest BCUT2D eigenvalue weighted by molar-refractivity contribution is -0.148. The summed E-state index contributed by atoms with van der Waals surface area (Å²) in [7, 11) is -2.00. The number of hydrogen-bond donors (Lipinski definition) is 1. The first-order valence-electron chi connectivity index (χ1n) is 3.92. The third-order valence-corrected chi connectivity index (χ3v) is 3.85. The van der Waals surface area contributed by atoms with E-state index in [-0.39, 0.29) is 17.9 Å². The van der Waals surface area contributed by atoms with Gasteiger partial charge in [0.25, 0.3) is 0 Å². The fourth-order valence-electron chi connectivity index (χ4n) is 1.35. The van der Waals surface area contributed by atoms with Crippen LogP contribution in [0.25, 0.3) is 0 Å². The summed E-state index contributed by atoms with van der Waals surface area (Å²) in [6, 6.07) is 0. The van der Waals surface area contributed by atoms with E-state index in [2.05, 4.69) is 4.74 Å². The molecule has 13 heavy (non-hydrogen) atoms. The van der Waals surface area contributed by atoms with Gasteiger partial charge in [0.05, 0.1) is 30.6 Å². The summed E-state index contributed by atoms with van der Waals surface area (Å²) in [5, 5.41) is 9.34. The van der Waals surface area contributed by atoms with E-state index < -0.39 is 27.8 Å². The van der Waals surface area contributed by atoms with Crippen molar-refractivity contribution < 1.29 is 23.1 Å². The second-order valence-corrected chi connectivity index (χ2v) is 5.33. The molecule has 1 rings (SSSR count). The summed E-state index contributed by atoms with van der Waals surface area (Å²) in [5.41, 5.74) is 0. The molecular weight excluding hydrogens is 196 g/mol. The van der Waals surface area contributed by atoms with Crippen LogP contribution in [0.2, 0.25) is 0 Å². The molecule has 0 amide bonds. The minimum atomic E-state index is -3.18. The van der Waals surface area contributed by atoms with Gasteiger partial charge in [0.2, 0.25) is 0 Å². The van der Waals surface area contributed by atoms with E-state index >= 15 is 0 Å². The van der Waals surface area contributed by atoms with Crippen LogP contribution in [0, 0.1) is 5.92 Å². The van der Waals surface area contributed by atoms with Crippen LogP contribution in [-0.2, 0) is 19.4 Å². The summed E-state index contributed by atoms with van der Waals surface area (Å²) in [6.45, 7) is 0. The Bertz CT molecular complexity index is 294. The average Bonchev–Trinajstić information content (AvgIpc) is 2.08. The lowest BCUT2D eigenvalue weighted by atomic mass is 10.0. The second-order valence-electron chi connectivity index (χ2n) is 3.10. The fourth-order valence-corrected chi connectivity index (χ4v) is 3.02. The number of methoxy groups -OCH3 is 1. The van der Waals surface area contributed by atoms with Gasteiger partial charge in [-0.2, -0.15) is 0 Å². The third kappa shape index (κ3) is 2.41. The van der Waals surface area contributed by atoms with E-state index in [1.165, 1.54) is 7.11 Å². The zero-order valence-electron chi connectivity index (χ0n) is 7.26. The maximum Gasteiger partial charge on any atom is 0.312 e. The number of carbonyl (C=O) groups excluding carboxylic acids is 1. The van der Waals surface area contributed by atoms with Crippen LogP contribution in [-0.4, -0.2) is 44.2 Å². The van der Waals surface area contributed by atoms with E-state index in [9.17, 15) is 18.3 Å². The van der Waals surface area contributed by atoms with Crippen LogP contribution in [0.3, 0.4) is 0 Å². The first-order valence-corrected chi connectivity index (χ1v) is 5.75. The Balaban J connectivity index is 2.77. The molecule has 1 saturated heterocycles. The van der Waals surface area contributed by atoms with Gasteiger partial charge in [-0.25, -0.2) is 8.42 Å². The van der Waals surface area contributed by atoms with Crippen molar-refractivity contribution >= 4 is 15.8 Å². The standard InChI is InChI=1S/C7H12O5S/c1-12-7(9)5-4-13(10,11)3-2-6(5)8/h5-6,8H,2-4H2,1H3/t5-,6+/m0/s1. The highest BCUT2D eigenvalue weighted by Crippen LogP contribution is 2.19. The molecule has 0 aromatic carbocycles. The van der Waals surface area contributed by atoms with Gasteiger partial charge in [-0.1, -0.05) is 0 Å². The van der Waals surface area contributed by atoms with Gasteiger partial charge < -0.3 is 9.84 Å². The molecule has 1 fully saturated rings. The summed E-state index contributed by atoms with van der Waals surface area (Å²) in [6.07, 6.45) is -0.779. The molecule has 2 atom stereocenters. The van der Waals surface area contributed by atoms with Crippen LogP contribution >= 0.6 is 0 Å². The smallest absolute Gasteiger partial charge is 0.312 e. The molecule has 0 aliphatic carbocycles. The van der Waals surface area contributed by atoms with E-state index in [1.54, 1.807) is 0 Å². The van der Waals surface area contributed by atoms with E-state index in [0.29, 0.717) is 0 Å². The number of hydrogen-bond acceptors (Lipinski definition) is 5. The Labute approximate surface area is 76.6 Å². The van der Waals surface area contributed by atoms with Gasteiger partial charge in [-0.05, 0) is 6.42 Å². The van der Waals surface area contributed by atoms with Gasteiger partial charge >= 0.3 is 5.97 Å². The number of carbonyl (C=O) groups is 1. The maximum absolute atomic E-state index is 11.1. The summed E-state index contributed by atoms with van der Waals surface area (Å²) in [5.74, 6) is -1.93. The number of esters is 1. The normalized spacial score (nSPS) is 32.5. The third-order valence-electron chi connectivity index (χ3n) is 2.13. The van der Waals surface area contributed by atoms with Crippen molar-refractivity contribution in [3.05, 3.63) is 0 Å². The first-order chi connectivity index (χ1) is 5.96. The number of ether oxygens (including phenoxy) is 1. The van der Waals surface area contributed by atoms with Crippen LogP contribution in [0.4, 0.5) is 0 Å². The molecule has 0 aromatic heterocycles. The van der Waals surface area contributed by atoms with Crippen LogP contribution in [0.15, 0.2) is 0 Å². The zero-order chi connectivity index (χ0) is 10.1. The molecule has 1 heterocycles. The highest BCUT2D eigenvalue weighted by molar-refractivity contribution is 7.91. The fraction of sp³-hybridized carbons (Fsp3) is 0.857. The van der Waals surface area contributed by atoms with Gasteiger partial charge in [0.15, 0.2) is 9.84 Å². The van der Waals surface area contributed by atoms with Gasteiger partial charge in [-0.3, -0.25) is 4.79 Å². The Morgan fingerprint density at radius 3 is 2.69 bits per heavy atom. The predicted molar refractivity (Wildman–Crippen MR) is 44.8 cm³/mol.